The molecule has 0 unspecified atom stereocenters. The van der Waals surface area contributed by atoms with Crippen LogP contribution in [0.3, 0.4) is 0 Å². The van der Waals surface area contributed by atoms with E-state index >= 15 is 0 Å². The zero-order valence-corrected chi connectivity index (χ0v) is 10.0. The van der Waals surface area contributed by atoms with Crippen molar-refractivity contribution in [3.05, 3.63) is 66.2 Å². The summed E-state index contributed by atoms with van der Waals surface area (Å²) in [5.41, 5.74) is 8.34. The molecule has 0 spiro atoms. The Balaban J connectivity index is 1.98. The van der Waals surface area contributed by atoms with Gasteiger partial charge in [-0.15, -0.1) is 0 Å². The molecule has 90 valence electrons. The Morgan fingerprint density at radius 2 is 1.56 bits per heavy atom. The van der Waals surface area contributed by atoms with Crippen LogP contribution in [0.2, 0.25) is 0 Å². The molecule has 1 heterocycles. The van der Waals surface area contributed by atoms with E-state index in [1.54, 1.807) is 0 Å². The molecule has 0 saturated heterocycles. The summed E-state index contributed by atoms with van der Waals surface area (Å²) >= 11 is 0. The zero-order valence-electron chi connectivity index (χ0n) is 10.0. The van der Waals surface area contributed by atoms with Crippen molar-refractivity contribution >= 4 is 11.6 Å². The first-order valence-corrected chi connectivity index (χ1v) is 6.05. The molecule has 2 N–H and O–H groups in total. The molecular formula is C15H15N3. The van der Waals surface area contributed by atoms with Gasteiger partial charge in [0.05, 0.1) is 12.6 Å². The van der Waals surface area contributed by atoms with Gasteiger partial charge in [-0.3, -0.25) is 4.99 Å². The first kappa shape index (κ1) is 10.8. The topological polar surface area (TPSA) is 41.6 Å². The minimum atomic E-state index is 0.202. The quantitative estimate of drug-likeness (QED) is 0.872. The molecule has 1 aliphatic heterocycles. The lowest BCUT2D eigenvalue weighted by atomic mass is 10.1. The summed E-state index contributed by atoms with van der Waals surface area (Å²) in [6.45, 7) is 0.713. The van der Waals surface area contributed by atoms with E-state index in [2.05, 4.69) is 34.2 Å². The summed E-state index contributed by atoms with van der Waals surface area (Å²) in [6.07, 6.45) is 0. The highest BCUT2D eigenvalue weighted by atomic mass is 15.3. The van der Waals surface area contributed by atoms with Crippen LogP contribution in [0, 0.1) is 0 Å². The maximum Gasteiger partial charge on any atom is 0.196 e. The summed E-state index contributed by atoms with van der Waals surface area (Å²) in [5.74, 6) is 0.593. The smallest absolute Gasteiger partial charge is 0.196 e. The van der Waals surface area contributed by atoms with Crippen LogP contribution >= 0.6 is 0 Å². The molecule has 0 aromatic heterocycles. The van der Waals surface area contributed by atoms with Crippen molar-refractivity contribution in [3.63, 3.8) is 0 Å². The van der Waals surface area contributed by atoms with Gasteiger partial charge in [0, 0.05) is 5.69 Å². The number of anilines is 1. The molecule has 18 heavy (non-hydrogen) atoms. The van der Waals surface area contributed by atoms with Crippen LogP contribution in [-0.4, -0.2) is 12.5 Å². The Hall–Kier alpha value is -2.29. The lowest BCUT2D eigenvalue weighted by Crippen LogP contribution is -2.36. The predicted molar refractivity (Wildman–Crippen MR) is 74.6 cm³/mol. The van der Waals surface area contributed by atoms with Crippen LogP contribution in [-0.2, 0) is 0 Å². The Bertz CT molecular complexity index is 548. The van der Waals surface area contributed by atoms with Gasteiger partial charge in [-0.05, 0) is 17.7 Å². The van der Waals surface area contributed by atoms with E-state index in [1.807, 2.05) is 36.4 Å². The second kappa shape index (κ2) is 4.53. The van der Waals surface area contributed by atoms with E-state index in [-0.39, 0.29) is 6.04 Å². The highest BCUT2D eigenvalue weighted by Gasteiger charge is 2.28. The fourth-order valence-electron chi connectivity index (χ4n) is 2.33. The average molecular weight is 237 g/mol. The van der Waals surface area contributed by atoms with Gasteiger partial charge in [-0.1, -0.05) is 48.5 Å². The molecule has 0 saturated carbocycles. The maximum absolute atomic E-state index is 6.01. The predicted octanol–water partition coefficient (Wildman–Crippen LogP) is 2.56. The molecule has 2 aromatic rings. The van der Waals surface area contributed by atoms with E-state index in [4.69, 9.17) is 5.73 Å². The molecular weight excluding hydrogens is 222 g/mol. The fourth-order valence-corrected chi connectivity index (χ4v) is 2.33. The number of aliphatic imine (C=N–C) groups is 1. The van der Waals surface area contributed by atoms with Gasteiger partial charge >= 0.3 is 0 Å². The molecule has 0 bridgehead atoms. The minimum Gasteiger partial charge on any atom is -0.369 e. The van der Waals surface area contributed by atoms with E-state index in [1.165, 1.54) is 5.56 Å². The normalized spacial score (nSPS) is 18.8. The van der Waals surface area contributed by atoms with Crippen LogP contribution in [0.15, 0.2) is 65.7 Å². The van der Waals surface area contributed by atoms with Gasteiger partial charge in [0.15, 0.2) is 5.96 Å². The van der Waals surface area contributed by atoms with Crippen LogP contribution in [0.25, 0.3) is 0 Å². The molecule has 0 fully saturated rings. The number of para-hydroxylation sites is 1. The Labute approximate surface area is 107 Å². The molecule has 0 radical (unpaired) electrons. The summed E-state index contributed by atoms with van der Waals surface area (Å²) < 4.78 is 0. The fraction of sp³-hybridized carbons (Fsp3) is 0.133. The zero-order chi connectivity index (χ0) is 12.4. The third kappa shape index (κ3) is 1.84. The van der Waals surface area contributed by atoms with Crippen molar-refractivity contribution in [2.24, 2.45) is 10.7 Å². The van der Waals surface area contributed by atoms with Gasteiger partial charge in [-0.2, -0.15) is 0 Å². The number of guanidine groups is 1. The third-order valence-corrected chi connectivity index (χ3v) is 3.20. The van der Waals surface area contributed by atoms with Crippen molar-refractivity contribution in [2.75, 3.05) is 11.4 Å². The van der Waals surface area contributed by atoms with Crippen LogP contribution in [0.4, 0.5) is 5.69 Å². The van der Waals surface area contributed by atoms with Gasteiger partial charge in [0.2, 0.25) is 0 Å². The molecule has 0 amide bonds. The number of nitrogens with two attached hydrogens (primary N) is 1. The maximum atomic E-state index is 6.01. The van der Waals surface area contributed by atoms with E-state index in [0.29, 0.717) is 12.5 Å². The number of hydrogen-bond donors (Lipinski definition) is 1. The molecule has 2 aromatic carbocycles. The molecule has 1 atom stereocenters. The number of benzene rings is 2. The van der Waals surface area contributed by atoms with Crippen molar-refractivity contribution in [1.29, 1.82) is 0 Å². The molecule has 0 aliphatic carbocycles. The van der Waals surface area contributed by atoms with Gasteiger partial charge in [0.1, 0.15) is 0 Å². The van der Waals surface area contributed by atoms with Crippen LogP contribution in [0.1, 0.15) is 11.6 Å². The van der Waals surface area contributed by atoms with Crippen molar-refractivity contribution < 1.29 is 0 Å². The van der Waals surface area contributed by atoms with Gasteiger partial charge in [0.25, 0.3) is 0 Å². The first-order chi connectivity index (χ1) is 8.86. The highest BCUT2D eigenvalue weighted by molar-refractivity contribution is 5.97. The minimum absolute atomic E-state index is 0.202. The second-order valence-corrected chi connectivity index (χ2v) is 4.33. The Morgan fingerprint density at radius 1 is 0.944 bits per heavy atom. The summed E-state index contributed by atoms with van der Waals surface area (Å²) in [6, 6.07) is 20.7. The monoisotopic (exact) mass is 237 g/mol. The van der Waals surface area contributed by atoms with Gasteiger partial charge < -0.3 is 10.6 Å². The Kier molecular flexibility index (Phi) is 2.73. The van der Waals surface area contributed by atoms with E-state index in [9.17, 15) is 0 Å². The Morgan fingerprint density at radius 3 is 2.22 bits per heavy atom. The third-order valence-electron chi connectivity index (χ3n) is 3.20. The first-order valence-electron chi connectivity index (χ1n) is 6.05. The van der Waals surface area contributed by atoms with Crippen LogP contribution < -0.4 is 10.6 Å². The lowest BCUT2D eigenvalue weighted by molar-refractivity contribution is 0.769. The van der Waals surface area contributed by atoms with Crippen molar-refractivity contribution in [2.45, 2.75) is 6.04 Å². The molecule has 3 heteroatoms. The number of rotatable bonds is 2. The SMILES string of the molecule is NC1=NC[C@H](c2ccccc2)N1c1ccccc1. The molecule has 3 nitrogen and oxygen atoms in total. The average Bonchev–Trinajstić information content (AvgIpc) is 2.83. The second-order valence-electron chi connectivity index (χ2n) is 4.33. The van der Waals surface area contributed by atoms with Crippen LogP contribution in [0.5, 0.6) is 0 Å². The number of hydrogen-bond acceptors (Lipinski definition) is 3. The van der Waals surface area contributed by atoms with Crippen molar-refractivity contribution in [3.8, 4) is 0 Å². The molecule has 1 aliphatic rings. The van der Waals surface area contributed by atoms with E-state index < -0.39 is 0 Å². The highest BCUT2D eigenvalue weighted by Crippen LogP contribution is 2.30. The lowest BCUT2D eigenvalue weighted by Gasteiger charge is -2.26. The number of nitrogens with zero attached hydrogens (tertiary/aromatic N) is 2. The summed E-state index contributed by atoms with van der Waals surface area (Å²) in [4.78, 5) is 6.46. The van der Waals surface area contributed by atoms with Crippen molar-refractivity contribution in [1.82, 2.24) is 0 Å². The largest absolute Gasteiger partial charge is 0.369 e. The summed E-state index contributed by atoms with van der Waals surface area (Å²) in [7, 11) is 0. The van der Waals surface area contributed by atoms with Gasteiger partial charge in [-0.25, -0.2) is 0 Å². The van der Waals surface area contributed by atoms with E-state index in [0.717, 1.165) is 5.69 Å². The summed E-state index contributed by atoms with van der Waals surface area (Å²) in [5, 5.41) is 0. The standard InChI is InChI=1S/C15H15N3/c16-15-17-11-14(12-7-3-1-4-8-12)18(15)13-9-5-2-6-10-13/h1-10,14H,11H2,(H2,16,17)/t14-/m1/s1. The molecule has 3 rings (SSSR count).